The van der Waals surface area contributed by atoms with Crippen LogP contribution >= 0.6 is 0 Å². The molecule has 14 heavy (non-hydrogen) atoms. The third kappa shape index (κ3) is 4.45. The maximum absolute atomic E-state index is 9.76. The van der Waals surface area contributed by atoms with Gasteiger partial charge in [-0.3, -0.25) is 0 Å². The molecule has 0 aromatic carbocycles. The average Bonchev–Trinajstić information content (AvgIpc) is 2.88. The number of rotatable bonds is 8. The molecule has 0 heterocycles. The van der Waals surface area contributed by atoms with E-state index >= 15 is 0 Å². The molecule has 0 spiro atoms. The molecule has 1 aliphatic rings. The van der Waals surface area contributed by atoms with Crippen molar-refractivity contribution in [2.45, 2.75) is 71.3 Å². The second-order valence-corrected chi connectivity index (χ2v) is 5.00. The van der Waals surface area contributed by atoms with Gasteiger partial charge in [-0.15, -0.1) is 0 Å². The van der Waals surface area contributed by atoms with Crippen LogP contribution in [0.15, 0.2) is 0 Å². The van der Waals surface area contributed by atoms with Gasteiger partial charge in [0.2, 0.25) is 0 Å². The van der Waals surface area contributed by atoms with E-state index in [1.165, 1.54) is 44.9 Å². The Morgan fingerprint density at radius 3 is 2.29 bits per heavy atom. The molecule has 1 rings (SSSR count). The van der Waals surface area contributed by atoms with Crippen LogP contribution < -0.4 is 0 Å². The van der Waals surface area contributed by atoms with Crippen LogP contribution in [0.2, 0.25) is 0 Å². The second-order valence-electron chi connectivity index (χ2n) is 5.00. The first kappa shape index (κ1) is 12.0. The van der Waals surface area contributed by atoms with Crippen LogP contribution in [0.5, 0.6) is 0 Å². The predicted octanol–water partition coefficient (Wildman–Crippen LogP) is 3.75. The molecule has 3 unspecified atom stereocenters. The van der Waals surface area contributed by atoms with Crippen molar-refractivity contribution in [3.05, 3.63) is 0 Å². The molecule has 1 fully saturated rings. The SMILES string of the molecule is CCCCCCCCC(O)C1CC1C. The minimum atomic E-state index is 0.0103. The summed E-state index contributed by atoms with van der Waals surface area (Å²) in [7, 11) is 0. The quantitative estimate of drug-likeness (QED) is 0.589. The van der Waals surface area contributed by atoms with E-state index in [2.05, 4.69) is 13.8 Å². The molecule has 0 saturated heterocycles. The normalized spacial score (nSPS) is 27.6. The van der Waals surface area contributed by atoms with Crippen LogP contribution in [-0.4, -0.2) is 11.2 Å². The Kier molecular flexibility index (Phi) is 5.54. The molecule has 1 heteroatoms. The predicted molar refractivity (Wildman–Crippen MR) is 61.3 cm³/mol. The highest BCUT2D eigenvalue weighted by Crippen LogP contribution is 2.41. The highest BCUT2D eigenvalue weighted by atomic mass is 16.3. The van der Waals surface area contributed by atoms with Gasteiger partial charge in [0.05, 0.1) is 6.10 Å². The van der Waals surface area contributed by atoms with Gasteiger partial charge in [-0.05, 0) is 24.7 Å². The van der Waals surface area contributed by atoms with Crippen molar-refractivity contribution in [1.82, 2.24) is 0 Å². The number of aliphatic hydroxyl groups is 1. The van der Waals surface area contributed by atoms with Gasteiger partial charge >= 0.3 is 0 Å². The van der Waals surface area contributed by atoms with Crippen molar-refractivity contribution >= 4 is 0 Å². The van der Waals surface area contributed by atoms with Gasteiger partial charge in [0.1, 0.15) is 0 Å². The molecule has 0 aromatic rings. The Hall–Kier alpha value is -0.0400. The molecule has 0 bridgehead atoms. The van der Waals surface area contributed by atoms with E-state index < -0.39 is 0 Å². The molecule has 3 atom stereocenters. The minimum Gasteiger partial charge on any atom is -0.393 e. The number of hydrogen-bond acceptors (Lipinski definition) is 1. The number of hydrogen-bond donors (Lipinski definition) is 1. The van der Waals surface area contributed by atoms with E-state index in [4.69, 9.17) is 0 Å². The summed E-state index contributed by atoms with van der Waals surface area (Å²) in [6.45, 7) is 4.49. The van der Waals surface area contributed by atoms with E-state index in [1.54, 1.807) is 0 Å². The summed E-state index contributed by atoms with van der Waals surface area (Å²) in [4.78, 5) is 0. The lowest BCUT2D eigenvalue weighted by Gasteiger charge is -2.08. The van der Waals surface area contributed by atoms with Crippen LogP contribution in [-0.2, 0) is 0 Å². The molecule has 1 saturated carbocycles. The lowest BCUT2D eigenvalue weighted by Crippen LogP contribution is -2.09. The minimum absolute atomic E-state index is 0.0103. The molecular formula is C13H26O. The van der Waals surface area contributed by atoms with Crippen LogP contribution in [0.4, 0.5) is 0 Å². The summed E-state index contributed by atoms with van der Waals surface area (Å²) in [5.41, 5.74) is 0. The Balaban J connectivity index is 1.83. The van der Waals surface area contributed by atoms with E-state index in [-0.39, 0.29) is 6.10 Å². The van der Waals surface area contributed by atoms with Gasteiger partial charge in [-0.2, -0.15) is 0 Å². The molecule has 1 aliphatic carbocycles. The zero-order valence-corrected chi connectivity index (χ0v) is 9.84. The fourth-order valence-corrected chi connectivity index (χ4v) is 2.23. The van der Waals surface area contributed by atoms with Crippen molar-refractivity contribution in [2.75, 3.05) is 0 Å². The van der Waals surface area contributed by atoms with Crippen molar-refractivity contribution in [3.63, 3.8) is 0 Å². The first-order valence-corrected chi connectivity index (χ1v) is 6.43. The lowest BCUT2D eigenvalue weighted by atomic mass is 10.0. The molecule has 1 N–H and O–H groups in total. The third-order valence-corrected chi connectivity index (χ3v) is 3.52. The first-order valence-electron chi connectivity index (χ1n) is 6.43. The van der Waals surface area contributed by atoms with Crippen molar-refractivity contribution in [3.8, 4) is 0 Å². The second kappa shape index (κ2) is 6.44. The summed E-state index contributed by atoms with van der Waals surface area (Å²) in [6, 6.07) is 0. The largest absolute Gasteiger partial charge is 0.393 e. The molecule has 0 radical (unpaired) electrons. The van der Waals surface area contributed by atoms with E-state index in [9.17, 15) is 5.11 Å². The van der Waals surface area contributed by atoms with E-state index in [0.29, 0.717) is 5.92 Å². The standard InChI is InChI=1S/C13H26O/c1-3-4-5-6-7-8-9-13(14)12-10-11(12)2/h11-14H,3-10H2,1-2H3. The summed E-state index contributed by atoms with van der Waals surface area (Å²) < 4.78 is 0. The fourth-order valence-electron chi connectivity index (χ4n) is 2.23. The Labute approximate surface area is 88.9 Å². The molecular weight excluding hydrogens is 172 g/mol. The summed E-state index contributed by atoms with van der Waals surface area (Å²) >= 11 is 0. The fraction of sp³-hybridized carbons (Fsp3) is 1.00. The topological polar surface area (TPSA) is 20.2 Å². The highest BCUT2D eigenvalue weighted by Gasteiger charge is 2.37. The maximum Gasteiger partial charge on any atom is 0.0571 e. The smallest absolute Gasteiger partial charge is 0.0571 e. The number of unbranched alkanes of at least 4 members (excludes halogenated alkanes) is 5. The van der Waals surface area contributed by atoms with E-state index in [0.717, 1.165) is 12.3 Å². The molecule has 0 amide bonds. The van der Waals surface area contributed by atoms with Crippen LogP contribution in [0.3, 0.4) is 0 Å². The molecule has 0 aromatic heterocycles. The Morgan fingerprint density at radius 1 is 1.14 bits per heavy atom. The third-order valence-electron chi connectivity index (χ3n) is 3.52. The Bertz CT molecular complexity index is 144. The van der Waals surface area contributed by atoms with E-state index in [1.807, 2.05) is 0 Å². The zero-order chi connectivity index (χ0) is 10.4. The van der Waals surface area contributed by atoms with Crippen molar-refractivity contribution in [1.29, 1.82) is 0 Å². The van der Waals surface area contributed by atoms with Crippen molar-refractivity contribution in [2.24, 2.45) is 11.8 Å². The summed E-state index contributed by atoms with van der Waals surface area (Å²) in [5.74, 6) is 1.44. The van der Waals surface area contributed by atoms with Crippen molar-refractivity contribution < 1.29 is 5.11 Å². The summed E-state index contributed by atoms with van der Waals surface area (Å²) in [5, 5.41) is 9.76. The zero-order valence-electron chi connectivity index (χ0n) is 9.84. The maximum atomic E-state index is 9.76. The van der Waals surface area contributed by atoms with Crippen LogP contribution in [0.1, 0.15) is 65.2 Å². The molecule has 1 nitrogen and oxygen atoms in total. The first-order chi connectivity index (χ1) is 6.75. The summed E-state index contributed by atoms with van der Waals surface area (Å²) in [6.07, 6.45) is 10.3. The van der Waals surface area contributed by atoms with Gasteiger partial charge in [-0.25, -0.2) is 0 Å². The highest BCUT2D eigenvalue weighted by molar-refractivity contribution is 4.87. The van der Waals surface area contributed by atoms with Crippen LogP contribution in [0.25, 0.3) is 0 Å². The van der Waals surface area contributed by atoms with Gasteiger partial charge in [0.15, 0.2) is 0 Å². The Morgan fingerprint density at radius 2 is 1.71 bits per heavy atom. The molecule has 84 valence electrons. The number of aliphatic hydroxyl groups excluding tert-OH is 1. The average molecular weight is 198 g/mol. The van der Waals surface area contributed by atoms with Crippen LogP contribution in [0, 0.1) is 11.8 Å². The lowest BCUT2D eigenvalue weighted by molar-refractivity contribution is 0.133. The van der Waals surface area contributed by atoms with Gasteiger partial charge in [0, 0.05) is 0 Å². The molecule has 0 aliphatic heterocycles. The van der Waals surface area contributed by atoms with Gasteiger partial charge < -0.3 is 5.11 Å². The van der Waals surface area contributed by atoms with Gasteiger partial charge in [-0.1, -0.05) is 52.4 Å². The van der Waals surface area contributed by atoms with Gasteiger partial charge in [0.25, 0.3) is 0 Å². The monoisotopic (exact) mass is 198 g/mol.